The van der Waals surface area contributed by atoms with Crippen LogP contribution in [0.5, 0.6) is 0 Å². The third-order valence-corrected chi connectivity index (χ3v) is 8.57. The number of rotatable bonds is 6. The van der Waals surface area contributed by atoms with Crippen molar-refractivity contribution in [3.63, 3.8) is 0 Å². The van der Waals surface area contributed by atoms with Crippen LogP contribution in [0.1, 0.15) is 24.0 Å². The second-order valence-electron chi connectivity index (χ2n) is 8.23. The van der Waals surface area contributed by atoms with Crippen LogP contribution < -0.4 is 10.5 Å². The lowest BCUT2D eigenvalue weighted by atomic mass is 10.0. The SMILES string of the molecule is CC1Cc2cccc3c(-n4c(Br)nnc4SCC(=O)Nc4ccc(S(N)(=O)=O)cc4Cl)ccc1c23. The molecule has 1 aromatic heterocycles. The number of aromatic nitrogens is 3. The first kappa shape index (κ1) is 24.3. The molecule has 3 N–H and O–H groups in total. The fourth-order valence-electron chi connectivity index (χ4n) is 4.35. The Balaban J connectivity index is 1.39. The number of nitrogens with zero attached hydrogens (tertiary/aromatic N) is 3. The number of amides is 1. The van der Waals surface area contributed by atoms with Crippen LogP contribution in [-0.4, -0.2) is 34.8 Å². The number of hydrogen-bond acceptors (Lipinski definition) is 6. The van der Waals surface area contributed by atoms with Crippen molar-refractivity contribution in [2.75, 3.05) is 11.1 Å². The number of hydrogen-bond donors (Lipinski definition) is 2. The van der Waals surface area contributed by atoms with Crippen molar-refractivity contribution in [1.29, 1.82) is 0 Å². The number of carbonyl (C=O) groups excluding carboxylic acids is 1. The number of sulfonamides is 1. The summed E-state index contributed by atoms with van der Waals surface area (Å²) in [5, 5.41) is 19.2. The highest BCUT2D eigenvalue weighted by molar-refractivity contribution is 9.10. The minimum atomic E-state index is -3.89. The van der Waals surface area contributed by atoms with E-state index < -0.39 is 10.0 Å². The molecule has 0 bridgehead atoms. The molecule has 3 aromatic carbocycles. The quantitative estimate of drug-likeness (QED) is 0.308. The van der Waals surface area contributed by atoms with E-state index in [0.717, 1.165) is 17.5 Å². The maximum absolute atomic E-state index is 12.6. The van der Waals surface area contributed by atoms with E-state index in [2.05, 4.69) is 68.7 Å². The molecule has 0 saturated heterocycles. The summed E-state index contributed by atoms with van der Waals surface area (Å²) in [6.45, 7) is 2.23. The molecule has 1 unspecified atom stereocenters. The molecule has 180 valence electrons. The molecule has 8 nitrogen and oxygen atoms in total. The van der Waals surface area contributed by atoms with Gasteiger partial charge in [0.1, 0.15) is 0 Å². The largest absolute Gasteiger partial charge is 0.324 e. The van der Waals surface area contributed by atoms with E-state index in [-0.39, 0.29) is 27.3 Å². The van der Waals surface area contributed by atoms with Gasteiger partial charge in [-0.05, 0) is 69.0 Å². The molecule has 35 heavy (non-hydrogen) atoms. The normalized spacial score (nSPS) is 15.0. The second-order valence-corrected chi connectivity index (χ2v) is 11.8. The van der Waals surface area contributed by atoms with E-state index in [1.807, 2.05) is 4.57 Å². The molecule has 12 heteroatoms. The van der Waals surface area contributed by atoms with E-state index in [4.69, 9.17) is 16.7 Å². The molecule has 4 aromatic rings. The van der Waals surface area contributed by atoms with Crippen molar-refractivity contribution in [3.05, 3.63) is 69.4 Å². The molecule has 1 aliphatic rings. The number of carbonyl (C=O) groups is 1. The minimum Gasteiger partial charge on any atom is -0.324 e. The third kappa shape index (κ3) is 4.58. The van der Waals surface area contributed by atoms with Crippen molar-refractivity contribution in [1.82, 2.24) is 14.8 Å². The third-order valence-electron chi connectivity index (χ3n) is 5.90. The lowest BCUT2D eigenvalue weighted by Crippen LogP contribution is -2.16. The Kier molecular flexibility index (Phi) is 6.39. The van der Waals surface area contributed by atoms with Crippen molar-refractivity contribution < 1.29 is 13.2 Å². The monoisotopic (exact) mass is 591 g/mol. The zero-order chi connectivity index (χ0) is 24.9. The zero-order valence-electron chi connectivity index (χ0n) is 18.3. The lowest BCUT2D eigenvalue weighted by Gasteiger charge is -2.13. The van der Waals surface area contributed by atoms with Gasteiger partial charge in [0, 0.05) is 5.39 Å². The molecule has 1 atom stereocenters. The van der Waals surface area contributed by atoms with Gasteiger partial charge in [-0.25, -0.2) is 13.6 Å². The average molecular weight is 593 g/mol. The van der Waals surface area contributed by atoms with Crippen molar-refractivity contribution in [3.8, 4) is 5.69 Å². The number of benzene rings is 3. The fourth-order valence-corrected chi connectivity index (χ4v) is 6.48. The summed E-state index contributed by atoms with van der Waals surface area (Å²) in [6, 6.07) is 14.4. The van der Waals surface area contributed by atoms with Gasteiger partial charge >= 0.3 is 0 Å². The number of nitrogens with one attached hydrogen (secondary N) is 1. The predicted octanol–water partition coefficient (Wildman–Crippen LogP) is 4.87. The first-order chi connectivity index (χ1) is 16.6. The summed E-state index contributed by atoms with van der Waals surface area (Å²) in [5.74, 6) is 0.174. The Morgan fingerprint density at radius 3 is 2.80 bits per heavy atom. The molecule has 1 amide bonds. The highest BCUT2D eigenvalue weighted by atomic mass is 79.9. The Morgan fingerprint density at radius 2 is 2.06 bits per heavy atom. The van der Waals surface area contributed by atoms with Gasteiger partial charge in [0.15, 0.2) is 5.16 Å². The molecule has 0 spiro atoms. The van der Waals surface area contributed by atoms with Gasteiger partial charge in [-0.3, -0.25) is 9.36 Å². The van der Waals surface area contributed by atoms with Crippen molar-refractivity contribution >= 4 is 71.7 Å². The van der Waals surface area contributed by atoms with Gasteiger partial charge < -0.3 is 5.32 Å². The Labute approximate surface area is 219 Å². The summed E-state index contributed by atoms with van der Waals surface area (Å²) in [4.78, 5) is 12.5. The minimum absolute atomic E-state index is 0.0384. The van der Waals surface area contributed by atoms with Crippen molar-refractivity contribution in [2.24, 2.45) is 5.14 Å². The molecule has 0 radical (unpaired) electrons. The number of halogens is 2. The van der Waals surface area contributed by atoms with E-state index in [9.17, 15) is 13.2 Å². The number of primary sulfonamides is 1. The summed E-state index contributed by atoms with van der Waals surface area (Å²) in [5.41, 5.74) is 3.88. The molecule has 0 saturated carbocycles. The zero-order valence-corrected chi connectivity index (χ0v) is 22.3. The summed E-state index contributed by atoms with van der Waals surface area (Å²) >= 11 is 10.8. The van der Waals surface area contributed by atoms with E-state index in [1.165, 1.54) is 46.5 Å². The van der Waals surface area contributed by atoms with Gasteiger partial charge in [-0.1, -0.05) is 54.6 Å². The van der Waals surface area contributed by atoms with Crippen LogP contribution in [-0.2, 0) is 21.2 Å². The molecule has 0 aliphatic heterocycles. The van der Waals surface area contributed by atoms with Crippen LogP contribution in [0.25, 0.3) is 16.5 Å². The Morgan fingerprint density at radius 1 is 1.26 bits per heavy atom. The van der Waals surface area contributed by atoms with E-state index in [1.54, 1.807) is 0 Å². The molecule has 1 heterocycles. The topological polar surface area (TPSA) is 120 Å². The molecular weight excluding hydrogens is 574 g/mol. The van der Waals surface area contributed by atoms with Gasteiger partial charge in [0.05, 0.1) is 27.0 Å². The summed E-state index contributed by atoms with van der Waals surface area (Å²) in [7, 11) is -3.89. The second kappa shape index (κ2) is 9.21. The Bertz CT molecular complexity index is 1610. The number of thioether (sulfide) groups is 1. The maximum atomic E-state index is 12.6. The smallest absolute Gasteiger partial charge is 0.238 e. The van der Waals surface area contributed by atoms with Crippen LogP contribution in [0.3, 0.4) is 0 Å². The highest BCUT2D eigenvalue weighted by Gasteiger charge is 2.24. The number of anilines is 1. The van der Waals surface area contributed by atoms with Gasteiger partial charge in [-0.15, -0.1) is 10.2 Å². The van der Waals surface area contributed by atoms with Crippen LogP contribution in [0.4, 0.5) is 5.69 Å². The van der Waals surface area contributed by atoms with E-state index in [0.29, 0.717) is 15.8 Å². The molecule has 0 fully saturated rings. The first-order valence-corrected chi connectivity index (χ1v) is 14.2. The van der Waals surface area contributed by atoms with Crippen molar-refractivity contribution in [2.45, 2.75) is 29.3 Å². The van der Waals surface area contributed by atoms with Gasteiger partial charge in [-0.2, -0.15) is 0 Å². The molecule has 5 rings (SSSR count). The van der Waals surface area contributed by atoms with Crippen LogP contribution in [0.15, 0.2) is 63.3 Å². The van der Waals surface area contributed by atoms with Crippen LogP contribution >= 0.6 is 39.3 Å². The lowest BCUT2D eigenvalue weighted by molar-refractivity contribution is -0.113. The summed E-state index contributed by atoms with van der Waals surface area (Å²) in [6.07, 6.45) is 1.02. The van der Waals surface area contributed by atoms with Gasteiger partial charge in [0.2, 0.25) is 20.7 Å². The van der Waals surface area contributed by atoms with Gasteiger partial charge in [0.25, 0.3) is 0 Å². The fraction of sp³-hybridized carbons (Fsp3) is 0.174. The number of nitrogens with two attached hydrogens (primary N) is 1. The maximum Gasteiger partial charge on any atom is 0.238 e. The van der Waals surface area contributed by atoms with E-state index >= 15 is 0 Å². The first-order valence-electron chi connectivity index (χ1n) is 10.5. The van der Waals surface area contributed by atoms with Crippen LogP contribution in [0.2, 0.25) is 5.02 Å². The molecule has 1 aliphatic carbocycles. The highest BCUT2D eigenvalue weighted by Crippen LogP contribution is 2.41. The Hall–Kier alpha value is -2.44. The average Bonchev–Trinajstić information content (AvgIpc) is 3.33. The predicted molar refractivity (Wildman–Crippen MR) is 141 cm³/mol. The van der Waals surface area contributed by atoms with Crippen LogP contribution in [0, 0.1) is 0 Å². The molecular formula is C23H19BrClN5O3S2. The summed E-state index contributed by atoms with van der Waals surface area (Å²) < 4.78 is 25.4. The standard InChI is InChI=1S/C23H19BrClN5O3S2/c1-12-9-13-3-2-4-16-19(8-6-15(12)21(13)16)30-22(24)28-29-23(30)34-11-20(31)27-18-7-5-14(10-17(18)25)35(26,32)33/h2-8,10,12H,9,11H2,1H3,(H,27,31)(H2,26,32,33).